The van der Waals surface area contributed by atoms with E-state index >= 15 is 0 Å². The number of para-hydroxylation sites is 1. The molecule has 1 aromatic rings. The van der Waals surface area contributed by atoms with Gasteiger partial charge in [0.1, 0.15) is 0 Å². The van der Waals surface area contributed by atoms with Crippen molar-refractivity contribution in [3.8, 4) is 0 Å². The van der Waals surface area contributed by atoms with E-state index in [-0.39, 0.29) is 18.9 Å². The Kier molecular flexibility index (Phi) is 3.26. The van der Waals surface area contributed by atoms with Crippen molar-refractivity contribution in [3.63, 3.8) is 0 Å². The highest BCUT2D eigenvalue weighted by Gasteiger charge is 2.35. The fraction of sp³-hybridized carbons (Fsp3) is 0.455. The Morgan fingerprint density at radius 1 is 1.24 bits per heavy atom. The van der Waals surface area contributed by atoms with Crippen LogP contribution in [0.3, 0.4) is 0 Å². The summed E-state index contributed by atoms with van der Waals surface area (Å²) in [5.74, 6) is 0. The van der Waals surface area contributed by atoms with Gasteiger partial charge in [0.05, 0.1) is 30.9 Å². The van der Waals surface area contributed by atoms with Crippen LogP contribution in [0, 0.1) is 0 Å². The average molecular weight is 247 g/mol. The van der Waals surface area contributed by atoms with Gasteiger partial charge < -0.3 is 15.2 Å². The highest BCUT2D eigenvalue weighted by Crippen LogP contribution is 2.35. The molecule has 17 heavy (non-hydrogen) atoms. The second kappa shape index (κ2) is 4.54. The summed E-state index contributed by atoms with van der Waals surface area (Å²) in [6.45, 7) is 0.346. The first-order valence-electron chi connectivity index (χ1n) is 5.17. The van der Waals surface area contributed by atoms with Gasteiger partial charge in [-0.15, -0.1) is 0 Å². The molecule has 0 aromatic heterocycles. The summed E-state index contributed by atoms with van der Waals surface area (Å²) in [6, 6.07) is 4.69. The molecule has 1 aliphatic rings. The van der Waals surface area contributed by atoms with Gasteiger partial charge in [0.2, 0.25) is 0 Å². The molecule has 0 radical (unpaired) electrons. The first kappa shape index (κ1) is 12.2. The Hall–Kier alpha value is -1.27. The second-order valence-corrected chi connectivity index (χ2v) is 3.90. The van der Waals surface area contributed by atoms with Crippen LogP contribution in [0.15, 0.2) is 24.3 Å². The van der Waals surface area contributed by atoms with Crippen LogP contribution in [0.4, 0.5) is 18.9 Å². The Morgan fingerprint density at radius 3 is 2.53 bits per heavy atom. The predicted molar refractivity (Wildman–Crippen MR) is 55.7 cm³/mol. The zero-order valence-corrected chi connectivity index (χ0v) is 8.87. The van der Waals surface area contributed by atoms with Gasteiger partial charge in [-0.05, 0) is 12.1 Å². The molecule has 0 saturated carbocycles. The molecule has 2 N–H and O–H groups in total. The van der Waals surface area contributed by atoms with Crippen molar-refractivity contribution >= 4 is 5.69 Å². The lowest BCUT2D eigenvalue weighted by Gasteiger charge is -2.19. The molecule has 0 aliphatic carbocycles. The fourth-order valence-corrected chi connectivity index (χ4v) is 1.74. The van der Waals surface area contributed by atoms with Gasteiger partial charge in [0.15, 0.2) is 0 Å². The molecule has 94 valence electrons. The first-order valence-corrected chi connectivity index (χ1v) is 5.17. The molecule has 2 rings (SSSR count). The summed E-state index contributed by atoms with van der Waals surface area (Å²) in [6.07, 6.45) is -5.19. The summed E-state index contributed by atoms with van der Waals surface area (Å²) in [5.41, 5.74) is -0.770. The minimum atomic E-state index is -4.41. The van der Waals surface area contributed by atoms with Gasteiger partial charge in [-0.25, -0.2) is 0 Å². The third-order valence-electron chi connectivity index (χ3n) is 2.62. The lowest BCUT2D eigenvalue weighted by Crippen LogP contribution is -2.32. The van der Waals surface area contributed by atoms with Gasteiger partial charge in [-0.1, -0.05) is 12.1 Å². The summed E-state index contributed by atoms with van der Waals surface area (Å²) >= 11 is 0. The molecule has 1 saturated heterocycles. The highest BCUT2D eigenvalue weighted by molar-refractivity contribution is 5.53. The second-order valence-electron chi connectivity index (χ2n) is 3.90. The lowest BCUT2D eigenvalue weighted by molar-refractivity contribution is -0.137. The minimum absolute atomic E-state index is 0.0328. The van der Waals surface area contributed by atoms with Crippen LogP contribution < -0.4 is 5.32 Å². The van der Waals surface area contributed by atoms with Crippen LogP contribution in [0.1, 0.15) is 5.56 Å². The third kappa shape index (κ3) is 2.70. The Labute approximate surface area is 96.2 Å². The summed E-state index contributed by atoms with van der Waals surface area (Å²) in [7, 11) is 0. The summed E-state index contributed by atoms with van der Waals surface area (Å²) in [5, 5.41) is 12.1. The van der Waals surface area contributed by atoms with E-state index in [1.54, 1.807) is 0 Å². The normalized spacial score (nSPS) is 24.9. The molecule has 2 atom stereocenters. The molecular weight excluding hydrogens is 235 g/mol. The summed E-state index contributed by atoms with van der Waals surface area (Å²) in [4.78, 5) is 0. The average Bonchev–Trinajstić information content (AvgIpc) is 2.64. The van der Waals surface area contributed by atoms with Crippen molar-refractivity contribution in [3.05, 3.63) is 29.8 Å². The number of alkyl halides is 3. The van der Waals surface area contributed by atoms with Crippen LogP contribution in [0.2, 0.25) is 0 Å². The Morgan fingerprint density at radius 2 is 1.94 bits per heavy atom. The SMILES string of the molecule is O[C@H]1COC[C@@H]1Nc1ccccc1C(F)(F)F. The molecule has 0 bridgehead atoms. The largest absolute Gasteiger partial charge is 0.418 e. The number of aliphatic hydroxyl groups excluding tert-OH is 1. The van der Waals surface area contributed by atoms with E-state index in [2.05, 4.69) is 5.32 Å². The Bertz CT molecular complexity index is 395. The third-order valence-corrected chi connectivity index (χ3v) is 2.62. The quantitative estimate of drug-likeness (QED) is 0.838. The van der Waals surface area contributed by atoms with Crippen LogP contribution >= 0.6 is 0 Å². The number of aliphatic hydroxyl groups is 1. The van der Waals surface area contributed by atoms with Crippen LogP contribution in [-0.4, -0.2) is 30.5 Å². The molecule has 1 heterocycles. The molecule has 1 fully saturated rings. The van der Waals surface area contributed by atoms with Crippen molar-refractivity contribution in [2.75, 3.05) is 18.5 Å². The van der Waals surface area contributed by atoms with E-state index in [0.29, 0.717) is 0 Å². The molecule has 1 aliphatic heterocycles. The number of nitrogens with one attached hydrogen (secondary N) is 1. The lowest BCUT2D eigenvalue weighted by atomic mass is 10.1. The van der Waals surface area contributed by atoms with Crippen molar-refractivity contribution in [2.45, 2.75) is 18.3 Å². The van der Waals surface area contributed by atoms with Crippen LogP contribution in [0.5, 0.6) is 0 Å². The molecule has 3 nitrogen and oxygen atoms in total. The molecular formula is C11H12F3NO2. The molecule has 6 heteroatoms. The zero-order valence-electron chi connectivity index (χ0n) is 8.87. The van der Waals surface area contributed by atoms with Gasteiger partial charge in [0.25, 0.3) is 0 Å². The molecule has 1 aromatic carbocycles. The van der Waals surface area contributed by atoms with Gasteiger partial charge in [0, 0.05) is 5.69 Å². The predicted octanol–water partition coefficient (Wildman–Crippen LogP) is 1.88. The summed E-state index contributed by atoms with van der Waals surface area (Å²) < 4.78 is 43.0. The van der Waals surface area contributed by atoms with Crippen molar-refractivity contribution in [1.82, 2.24) is 0 Å². The van der Waals surface area contributed by atoms with Crippen molar-refractivity contribution in [1.29, 1.82) is 0 Å². The van der Waals surface area contributed by atoms with Crippen LogP contribution in [0.25, 0.3) is 0 Å². The first-order chi connectivity index (χ1) is 7.98. The smallest absolute Gasteiger partial charge is 0.388 e. The van der Waals surface area contributed by atoms with Crippen LogP contribution in [-0.2, 0) is 10.9 Å². The standard InChI is InChI=1S/C11H12F3NO2/c12-11(13,14)7-3-1-2-4-8(7)15-9-5-17-6-10(9)16/h1-4,9-10,15-16H,5-6H2/t9-,10-/m0/s1. The maximum Gasteiger partial charge on any atom is 0.418 e. The number of hydrogen-bond donors (Lipinski definition) is 2. The van der Waals surface area contributed by atoms with E-state index in [0.717, 1.165) is 6.07 Å². The maximum absolute atomic E-state index is 12.7. The fourth-order valence-electron chi connectivity index (χ4n) is 1.74. The number of rotatable bonds is 2. The van der Waals surface area contributed by atoms with Crippen molar-refractivity contribution in [2.24, 2.45) is 0 Å². The number of ether oxygens (including phenoxy) is 1. The minimum Gasteiger partial charge on any atom is -0.388 e. The van der Waals surface area contributed by atoms with Gasteiger partial charge in [-0.2, -0.15) is 13.2 Å². The zero-order chi connectivity index (χ0) is 12.5. The van der Waals surface area contributed by atoms with E-state index < -0.39 is 23.9 Å². The number of hydrogen-bond acceptors (Lipinski definition) is 3. The molecule has 0 unspecified atom stereocenters. The molecule has 0 spiro atoms. The Balaban J connectivity index is 2.21. The van der Waals surface area contributed by atoms with E-state index in [1.165, 1.54) is 18.2 Å². The van der Waals surface area contributed by atoms with E-state index in [4.69, 9.17) is 4.74 Å². The highest BCUT2D eigenvalue weighted by atomic mass is 19.4. The monoisotopic (exact) mass is 247 g/mol. The number of benzene rings is 1. The van der Waals surface area contributed by atoms with E-state index in [1.807, 2.05) is 0 Å². The van der Waals surface area contributed by atoms with E-state index in [9.17, 15) is 18.3 Å². The molecule has 0 amide bonds. The topological polar surface area (TPSA) is 41.5 Å². The maximum atomic E-state index is 12.7. The van der Waals surface area contributed by atoms with Gasteiger partial charge >= 0.3 is 6.18 Å². The van der Waals surface area contributed by atoms with Crippen molar-refractivity contribution < 1.29 is 23.0 Å². The van der Waals surface area contributed by atoms with Gasteiger partial charge in [-0.3, -0.25) is 0 Å². The number of anilines is 1. The number of halogens is 3.